The van der Waals surface area contributed by atoms with Crippen LogP contribution in [0.4, 0.5) is 4.39 Å². The molecule has 0 fully saturated rings. The van der Waals surface area contributed by atoms with Gasteiger partial charge in [0.25, 0.3) is 0 Å². The van der Waals surface area contributed by atoms with E-state index in [4.69, 9.17) is 9.16 Å². The summed E-state index contributed by atoms with van der Waals surface area (Å²) in [6.07, 6.45) is 0.838. The van der Waals surface area contributed by atoms with Crippen LogP contribution in [0.5, 0.6) is 5.75 Å². The van der Waals surface area contributed by atoms with Gasteiger partial charge in [-0.3, -0.25) is 0 Å². The molecule has 1 atom stereocenters. The maximum Gasteiger partial charge on any atom is 0.236 e. The van der Waals surface area contributed by atoms with Crippen molar-refractivity contribution in [2.75, 3.05) is 7.11 Å². The predicted octanol–water partition coefficient (Wildman–Crippen LogP) is 6.84. The number of aliphatic hydroxyl groups is 1. The van der Waals surface area contributed by atoms with E-state index in [-0.39, 0.29) is 10.9 Å². The highest BCUT2D eigenvalue weighted by Crippen LogP contribution is 2.42. The SMILES string of the molecule is C=CC(C)(C)C(O)c1cc(C(C)(C)O[Si]C(C)(C)C)ccc1-c1cc(OC)ccc1F. The van der Waals surface area contributed by atoms with Gasteiger partial charge < -0.3 is 14.3 Å². The van der Waals surface area contributed by atoms with Crippen molar-refractivity contribution in [3.8, 4) is 16.9 Å². The van der Waals surface area contributed by atoms with Crippen molar-refractivity contribution in [3.05, 3.63) is 66.0 Å². The molecule has 2 aromatic carbocycles. The van der Waals surface area contributed by atoms with Crippen molar-refractivity contribution in [2.45, 2.75) is 65.2 Å². The highest BCUT2D eigenvalue weighted by atomic mass is 28.2. The van der Waals surface area contributed by atoms with Crippen LogP contribution >= 0.6 is 0 Å². The molecule has 0 aromatic heterocycles. The molecular formula is C26H35FO3Si. The van der Waals surface area contributed by atoms with Crippen LogP contribution in [0, 0.1) is 11.2 Å². The van der Waals surface area contributed by atoms with E-state index in [2.05, 4.69) is 27.4 Å². The lowest BCUT2D eigenvalue weighted by Gasteiger charge is -2.33. The van der Waals surface area contributed by atoms with Gasteiger partial charge in [-0.15, -0.1) is 6.58 Å². The standard InChI is InChI=1S/C26H35FO3Si/c1-10-25(5,6)23(28)21-15-17(26(7,8)30-31-24(2,3)4)11-13-19(21)20-16-18(29-9)12-14-22(20)27/h10-16,23,28H,1H2,2-9H3. The van der Waals surface area contributed by atoms with E-state index in [0.717, 1.165) is 5.56 Å². The van der Waals surface area contributed by atoms with Crippen LogP contribution in [-0.2, 0) is 10.0 Å². The summed E-state index contributed by atoms with van der Waals surface area (Å²) in [6.45, 7) is 18.1. The fourth-order valence-corrected chi connectivity index (χ4v) is 3.78. The third-order valence-corrected chi connectivity index (χ3v) is 6.57. The number of ether oxygens (including phenoxy) is 1. The minimum Gasteiger partial charge on any atom is -0.497 e. The van der Waals surface area contributed by atoms with E-state index in [1.54, 1.807) is 25.3 Å². The van der Waals surface area contributed by atoms with Gasteiger partial charge in [-0.25, -0.2) is 4.39 Å². The molecule has 0 aliphatic rings. The first-order valence-electron chi connectivity index (χ1n) is 10.5. The third-order valence-electron chi connectivity index (χ3n) is 5.35. The summed E-state index contributed by atoms with van der Waals surface area (Å²) >= 11 is 0. The quantitative estimate of drug-likeness (QED) is 0.359. The molecular weight excluding hydrogens is 407 g/mol. The molecule has 2 rings (SSSR count). The first-order valence-corrected chi connectivity index (χ1v) is 11.4. The van der Waals surface area contributed by atoms with Crippen molar-refractivity contribution < 1.29 is 18.7 Å². The number of aliphatic hydroxyl groups excluding tert-OH is 1. The van der Waals surface area contributed by atoms with Gasteiger partial charge in [0, 0.05) is 11.0 Å². The summed E-state index contributed by atoms with van der Waals surface area (Å²) in [7, 11) is 1.86. The Hall–Kier alpha value is -1.95. The van der Waals surface area contributed by atoms with Gasteiger partial charge in [-0.05, 0) is 59.8 Å². The molecule has 0 aliphatic heterocycles. The van der Waals surface area contributed by atoms with Gasteiger partial charge in [-0.1, -0.05) is 52.8 Å². The number of rotatable bonds is 8. The lowest BCUT2D eigenvalue weighted by atomic mass is 9.79. The molecule has 0 spiro atoms. The molecule has 0 saturated carbocycles. The van der Waals surface area contributed by atoms with Crippen molar-refractivity contribution in [2.24, 2.45) is 5.41 Å². The summed E-state index contributed by atoms with van der Waals surface area (Å²) in [5.74, 6) is 0.182. The molecule has 0 saturated heterocycles. The van der Waals surface area contributed by atoms with Crippen LogP contribution in [0.3, 0.4) is 0 Å². The normalized spacial score (nSPS) is 13.7. The van der Waals surface area contributed by atoms with Crippen LogP contribution in [-0.4, -0.2) is 22.0 Å². The van der Waals surface area contributed by atoms with Gasteiger partial charge in [0.1, 0.15) is 11.6 Å². The van der Waals surface area contributed by atoms with Crippen LogP contribution < -0.4 is 4.74 Å². The highest BCUT2D eigenvalue weighted by Gasteiger charge is 2.32. The Bertz CT molecular complexity index is 929. The summed E-state index contributed by atoms with van der Waals surface area (Å²) in [6, 6.07) is 10.4. The monoisotopic (exact) mass is 442 g/mol. The van der Waals surface area contributed by atoms with Crippen LogP contribution in [0.2, 0.25) is 5.04 Å². The molecule has 0 amide bonds. The summed E-state index contributed by atoms with van der Waals surface area (Å²) < 4.78 is 26.4. The second-order valence-corrected chi connectivity index (χ2v) is 11.9. The molecule has 3 nitrogen and oxygen atoms in total. The van der Waals surface area contributed by atoms with Crippen molar-refractivity contribution in [1.82, 2.24) is 0 Å². The molecule has 0 bridgehead atoms. The molecule has 1 N–H and O–H groups in total. The number of halogens is 1. The van der Waals surface area contributed by atoms with E-state index >= 15 is 0 Å². The highest BCUT2D eigenvalue weighted by molar-refractivity contribution is 6.31. The molecule has 2 aromatic rings. The topological polar surface area (TPSA) is 38.7 Å². The second kappa shape index (κ2) is 9.27. The smallest absolute Gasteiger partial charge is 0.236 e. The number of hydrogen-bond acceptors (Lipinski definition) is 3. The second-order valence-electron chi connectivity index (χ2n) is 10.0. The van der Waals surface area contributed by atoms with E-state index in [0.29, 0.717) is 32.2 Å². The van der Waals surface area contributed by atoms with Crippen molar-refractivity contribution in [3.63, 3.8) is 0 Å². The van der Waals surface area contributed by atoms with Crippen LogP contribution in [0.15, 0.2) is 49.1 Å². The van der Waals surface area contributed by atoms with Crippen molar-refractivity contribution >= 4 is 9.76 Å². The molecule has 1 unspecified atom stereocenters. The van der Waals surface area contributed by atoms with Gasteiger partial charge in [0.15, 0.2) is 0 Å². The molecule has 2 radical (unpaired) electrons. The van der Waals surface area contributed by atoms with Crippen LogP contribution in [0.25, 0.3) is 11.1 Å². The maximum atomic E-state index is 14.8. The molecule has 168 valence electrons. The zero-order chi connectivity index (χ0) is 23.6. The Morgan fingerprint density at radius 2 is 1.65 bits per heavy atom. The Morgan fingerprint density at radius 3 is 2.19 bits per heavy atom. The zero-order valence-corrected chi connectivity index (χ0v) is 21.0. The average molecular weight is 443 g/mol. The summed E-state index contributed by atoms with van der Waals surface area (Å²) in [5, 5.41) is 11.3. The van der Waals surface area contributed by atoms with E-state index in [1.165, 1.54) is 6.07 Å². The first-order chi connectivity index (χ1) is 14.2. The van der Waals surface area contributed by atoms with Gasteiger partial charge in [0.05, 0.1) is 18.8 Å². The zero-order valence-electron chi connectivity index (χ0n) is 20.0. The van der Waals surface area contributed by atoms with Crippen LogP contribution in [0.1, 0.15) is 65.7 Å². The third kappa shape index (κ3) is 6.06. The van der Waals surface area contributed by atoms with Gasteiger partial charge in [0.2, 0.25) is 9.76 Å². The maximum absolute atomic E-state index is 14.8. The minimum atomic E-state index is -0.883. The largest absolute Gasteiger partial charge is 0.497 e. The van der Waals surface area contributed by atoms with E-state index in [1.807, 2.05) is 45.9 Å². The number of benzene rings is 2. The predicted molar refractivity (Wildman–Crippen MR) is 127 cm³/mol. The van der Waals surface area contributed by atoms with E-state index in [9.17, 15) is 9.50 Å². The van der Waals surface area contributed by atoms with Crippen molar-refractivity contribution in [1.29, 1.82) is 0 Å². The molecule has 0 aliphatic carbocycles. The fourth-order valence-electron chi connectivity index (χ4n) is 3.10. The average Bonchev–Trinajstić information content (AvgIpc) is 2.71. The molecule has 5 heteroatoms. The summed E-state index contributed by atoms with van der Waals surface area (Å²) in [5.41, 5.74) is 1.38. The number of methoxy groups -OCH3 is 1. The van der Waals surface area contributed by atoms with E-state index < -0.39 is 17.1 Å². The Balaban J connectivity index is 2.66. The number of hydrogen-bond donors (Lipinski definition) is 1. The van der Waals surface area contributed by atoms with Gasteiger partial charge >= 0.3 is 0 Å². The van der Waals surface area contributed by atoms with Gasteiger partial charge in [-0.2, -0.15) is 0 Å². The Labute approximate surface area is 189 Å². The minimum absolute atomic E-state index is 0.0497. The fraction of sp³-hybridized carbons (Fsp3) is 0.462. The Morgan fingerprint density at radius 1 is 1.00 bits per heavy atom. The Kier molecular flexibility index (Phi) is 7.57. The first kappa shape index (κ1) is 25.3. The lowest BCUT2D eigenvalue weighted by molar-refractivity contribution is 0.0812. The lowest BCUT2D eigenvalue weighted by Crippen LogP contribution is -2.28. The molecule has 0 heterocycles. The molecule has 31 heavy (non-hydrogen) atoms. The summed E-state index contributed by atoms with van der Waals surface area (Å²) in [4.78, 5) is 0.